The number of carbonyl (C=O) groups excluding carboxylic acids is 1. The quantitative estimate of drug-likeness (QED) is 0.785. The Morgan fingerprint density at radius 1 is 1.41 bits per heavy atom. The molecule has 2 N–H and O–H groups in total. The van der Waals surface area contributed by atoms with E-state index < -0.39 is 0 Å². The first-order valence-corrected chi connectivity index (χ1v) is 6.75. The predicted octanol–water partition coefficient (Wildman–Crippen LogP) is 2.12. The molecular weight excluding hydrogens is 282 g/mol. The molecule has 1 heterocycles. The van der Waals surface area contributed by atoms with Gasteiger partial charge in [-0.1, -0.05) is 6.42 Å². The number of halogens is 1. The van der Waals surface area contributed by atoms with E-state index in [0.717, 1.165) is 35.1 Å². The highest BCUT2D eigenvalue weighted by Crippen LogP contribution is 2.21. The van der Waals surface area contributed by atoms with Crippen LogP contribution in [0.3, 0.4) is 0 Å². The van der Waals surface area contributed by atoms with Gasteiger partial charge < -0.3 is 5.73 Å². The van der Waals surface area contributed by atoms with Crippen LogP contribution in [-0.4, -0.2) is 22.1 Å². The van der Waals surface area contributed by atoms with Crippen LogP contribution in [0.2, 0.25) is 0 Å². The van der Waals surface area contributed by atoms with Crippen LogP contribution >= 0.6 is 15.9 Å². The van der Waals surface area contributed by atoms with Crippen molar-refractivity contribution in [3.05, 3.63) is 15.9 Å². The molecule has 0 spiro atoms. The number of nitrogens with zero attached hydrogens (tertiary/aromatic N) is 2. The van der Waals surface area contributed by atoms with Crippen LogP contribution in [0.4, 0.5) is 0 Å². The van der Waals surface area contributed by atoms with E-state index in [2.05, 4.69) is 21.0 Å². The molecule has 0 saturated carbocycles. The maximum atomic E-state index is 11.8. The minimum atomic E-state index is 0.269. The number of hydrogen-bond acceptors (Lipinski definition) is 3. The third-order valence-electron chi connectivity index (χ3n) is 2.79. The van der Waals surface area contributed by atoms with Gasteiger partial charge in [0.05, 0.1) is 15.9 Å². The Bertz CT molecular complexity index is 387. The Morgan fingerprint density at radius 2 is 2.12 bits per heavy atom. The summed E-state index contributed by atoms with van der Waals surface area (Å²) in [7, 11) is 1.87. The van der Waals surface area contributed by atoms with Crippen LogP contribution < -0.4 is 5.73 Å². The second-order valence-corrected chi connectivity index (χ2v) is 5.08. The molecule has 0 fully saturated rings. The number of ketones is 1. The van der Waals surface area contributed by atoms with E-state index in [1.807, 2.05) is 14.0 Å². The van der Waals surface area contributed by atoms with Gasteiger partial charge in [0.2, 0.25) is 0 Å². The predicted molar refractivity (Wildman–Crippen MR) is 71.9 cm³/mol. The summed E-state index contributed by atoms with van der Waals surface area (Å²) in [6, 6.07) is 0. The third kappa shape index (κ3) is 4.24. The van der Waals surface area contributed by atoms with E-state index in [9.17, 15) is 4.79 Å². The molecule has 0 unspecified atom stereocenters. The highest BCUT2D eigenvalue weighted by molar-refractivity contribution is 9.10. The Kier molecular flexibility index (Phi) is 5.85. The number of rotatable bonds is 7. The SMILES string of the molecule is Cc1nn(C)c(CC(=O)CCCCCN)c1Br. The van der Waals surface area contributed by atoms with Crippen molar-refractivity contribution < 1.29 is 4.79 Å². The largest absolute Gasteiger partial charge is 0.330 e. The molecule has 1 rings (SSSR count). The lowest BCUT2D eigenvalue weighted by molar-refractivity contribution is -0.118. The first-order valence-electron chi connectivity index (χ1n) is 5.96. The average molecular weight is 302 g/mol. The van der Waals surface area contributed by atoms with Crippen molar-refractivity contribution in [2.45, 2.75) is 39.0 Å². The second-order valence-electron chi connectivity index (χ2n) is 4.28. The minimum absolute atomic E-state index is 0.269. The van der Waals surface area contributed by atoms with Gasteiger partial charge in [-0.3, -0.25) is 9.48 Å². The molecule has 5 heteroatoms. The summed E-state index contributed by atoms with van der Waals surface area (Å²) in [6.45, 7) is 2.64. The lowest BCUT2D eigenvalue weighted by Gasteiger charge is -2.03. The van der Waals surface area contributed by atoms with E-state index in [0.29, 0.717) is 19.4 Å². The molecule has 96 valence electrons. The van der Waals surface area contributed by atoms with Gasteiger partial charge in [-0.15, -0.1) is 0 Å². The topological polar surface area (TPSA) is 60.9 Å². The van der Waals surface area contributed by atoms with Gasteiger partial charge in [0.25, 0.3) is 0 Å². The molecule has 0 bridgehead atoms. The minimum Gasteiger partial charge on any atom is -0.330 e. The smallest absolute Gasteiger partial charge is 0.138 e. The maximum Gasteiger partial charge on any atom is 0.138 e. The molecule has 1 aromatic heterocycles. The van der Waals surface area contributed by atoms with Crippen molar-refractivity contribution in [2.75, 3.05) is 6.54 Å². The van der Waals surface area contributed by atoms with Gasteiger partial charge in [0.1, 0.15) is 5.78 Å². The standard InChI is InChI=1S/C12H20BrN3O/c1-9-12(13)11(16(2)15-9)8-10(17)6-4-3-5-7-14/h3-8,14H2,1-2H3. The molecule has 0 aromatic carbocycles. The van der Waals surface area contributed by atoms with Crippen LogP contribution in [0.5, 0.6) is 0 Å². The highest BCUT2D eigenvalue weighted by atomic mass is 79.9. The van der Waals surface area contributed by atoms with Gasteiger partial charge in [-0.2, -0.15) is 5.10 Å². The molecular formula is C12H20BrN3O. The van der Waals surface area contributed by atoms with Crippen molar-refractivity contribution in [1.82, 2.24) is 9.78 Å². The third-order valence-corrected chi connectivity index (χ3v) is 3.82. The van der Waals surface area contributed by atoms with Crippen molar-refractivity contribution >= 4 is 21.7 Å². The lowest BCUT2D eigenvalue weighted by Crippen LogP contribution is -2.08. The fourth-order valence-electron chi connectivity index (χ4n) is 1.79. The number of aromatic nitrogens is 2. The summed E-state index contributed by atoms with van der Waals surface area (Å²) in [5, 5.41) is 4.27. The van der Waals surface area contributed by atoms with E-state index in [-0.39, 0.29) is 5.78 Å². The number of unbranched alkanes of at least 4 members (excludes halogenated alkanes) is 2. The molecule has 4 nitrogen and oxygen atoms in total. The fraction of sp³-hybridized carbons (Fsp3) is 0.667. The zero-order valence-electron chi connectivity index (χ0n) is 10.5. The van der Waals surface area contributed by atoms with Crippen molar-refractivity contribution in [1.29, 1.82) is 0 Å². The molecule has 0 aliphatic rings. The normalized spacial score (nSPS) is 10.8. The molecule has 0 atom stereocenters. The zero-order chi connectivity index (χ0) is 12.8. The van der Waals surface area contributed by atoms with Gasteiger partial charge in [0.15, 0.2) is 0 Å². The monoisotopic (exact) mass is 301 g/mol. The molecule has 0 amide bonds. The Balaban J connectivity index is 2.45. The van der Waals surface area contributed by atoms with Gasteiger partial charge in [0, 0.05) is 19.9 Å². The summed E-state index contributed by atoms with van der Waals surface area (Å²) in [5.41, 5.74) is 7.30. The van der Waals surface area contributed by atoms with Gasteiger partial charge in [-0.25, -0.2) is 0 Å². The fourth-order valence-corrected chi connectivity index (χ4v) is 2.27. The number of nitrogens with two attached hydrogens (primary N) is 1. The lowest BCUT2D eigenvalue weighted by atomic mass is 10.1. The highest BCUT2D eigenvalue weighted by Gasteiger charge is 2.13. The van der Waals surface area contributed by atoms with Gasteiger partial charge >= 0.3 is 0 Å². The zero-order valence-corrected chi connectivity index (χ0v) is 12.1. The number of Topliss-reactive ketones (excluding diaryl/α,β-unsaturated/α-hetero) is 1. The summed E-state index contributed by atoms with van der Waals surface area (Å²) < 4.78 is 2.73. The Morgan fingerprint density at radius 3 is 2.65 bits per heavy atom. The number of carbonyl (C=O) groups is 1. The number of aryl methyl sites for hydroxylation is 2. The first-order chi connectivity index (χ1) is 8.06. The van der Waals surface area contributed by atoms with E-state index in [1.165, 1.54) is 0 Å². The van der Waals surface area contributed by atoms with Crippen molar-refractivity contribution in [3.8, 4) is 0 Å². The maximum absolute atomic E-state index is 11.8. The van der Waals surface area contributed by atoms with Crippen LogP contribution in [0.15, 0.2) is 4.47 Å². The number of hydrogen-bond donors (Lipinski definition) is 1. The van der Waals surface area contributed by atoms with Crippen LogP contribution in [0.25, 0.3) is 0 Å². The van der Waals surface area contributed by atoms with E-state index >= 15 is 0 Å². The molecule has 0 saturated heterocycles. The summed E-state index contributed by atoms with van der Waals surface area (Å²) in [6.07, 6.45) is 4.07. The Labute approximate surface area is 111 Å². The molecule has 0 radical (unpaired) electrons. The molecule has 17 heavy (non-hydrogen) atoms. The first kappa shape index (κ1) is 14.4. The average Bonchev–Trinajstić information content (AvgIpc) is 2.52. The molecule has 0 aliphatic carbocycles. The van der Waals surface area contributed by atoms with Crippen LogP contribution in [-0.2, 0) is 18.3 Å². The van der Waals surface area contributed by atoms with Crippen LogP contribution in [0, 0.1) is 6.92 Å². The van der Waals surface area contributed by atoms with Crippen LogP contribution in [0.1, 0.15) is 37.1 Å². The summed E-state index contributed by atoms with van der Waals surface area (Å²) >= 11 is 3.47. The summed E-state index contributed by atoms with van der Waals surface area (Å²) in [5.74, 6) is 0.269. The summed E-state index contributed by atoms with van der Waals surface area (Å²) in [4.78, 5) is 11.8. The Hall–Kier alpha value is -0.680. The second kappa shape index (κ2) is 6.91. The van der Waals surface area contributed by atoms with Gasteiger partial charge in [-0.05, 0) is 42.2 Å². The van der Waals surface area contributed by atoms with E-state index in [1.54, 1.807) is 4.68 Å². The van der Waals surface area contributed by atoms with Crippen molar-refractivity contribution in [2.24, 2.45) is 12.8 Å². The van der Waals surface area contributed by atoms with Crippen molar-refractivity contribution in [3.63, 3.8) is 0 Å². The molecule has 1 aromatic rings. The van der Waals surface area contributed by atoms with E-state index in [4.69, 9.17) is 5.73 Å². The molecule has 0 aliphatic heterocycles.